The lowest BCUT2D eigenvalue weighted by molar-refractivity contribution is 0.854. The highest BCUT2D eigenvalue weighted by Gasteiger charge is 2.27. The number of rotatable bonds is 4. The van der Waals surface area contributed by atoms with Crippen molar-refractivity contribution in [2.75, 3.05) is 11.1 Å². The second-order valence-corrected chi connectivity index (χ2v) is 7.01. The lowest BCUT2D eigenvalue weighted by Crippen LogP contribution is -2.10. The molecule has 2 aromatic heterocycles. The second-order valence-electron chi connectivity index (χ2n) is 5.55. The van der Waals surface area contributed by atoms with Crippen LogP contribution in [0.5, 0.6) is 0 Å². The van der Waals surface area contributed by atoms with Crippen LogP contribution in [0.25, 0.3) is 0 Å². The predicted molar refractivity (Wildman–Crippen MR) is 84.3 cm³/mol. The molecule has 3 N–H and O–H groups in total. The van der Waals surface area contributed by atoms with E-state index in [9.17, 15) is 0 Å². The topological polar surface area (TPSA) is 63.8 Å². The van der Waals surface area contributed by atoms with Crippen LogP contribution >= 0.6 is 11.3 Å². The van der Waals surface area contributed by atoms with Gasteiger partial charge in [-0.1, -0.05) is 0 Å². The van der Waals surface area contributed by atoms with Gasteiger partial charge in [-0.15, -0.1) is 11.3 Å². The largest absolute Gasteiger partial charge is 0.384 e. The number of hydrogen-bond acceptors (Lipinski definition) is 5. The van der Waals surface area contributed by atoms with Crippen molar-refractivity contribution in [1.29, 1.82) is 0 Å². The van der Waals surface area contributed by atoms with Crippen LogP contribution in [-0.4, -0.2) is 9.97 Å². The van der Waals surface area contributed by atoms with Crippen molar-refractivity contribution in [3.8, 4) is 0 Å². The van der Waals surface area contributed by atoms with Gasteiger partial charge in [-0.05, 0) is 45.2 Å². The van der Waals surface area contributed by atoms with Gasteiger partial charge in [-0.3, -0.25) is 0 Å². The fraction of sp³-hybridized carbons (Fsp3) is 0.467. The summed E-state index contributed by atoms with van der Waals surface area (Å²) in [6, 6.07) is 4.28. The fourth-order valence-electron chi connectivity index (χ4n) is 2.46. The summed E-state index contributed by atoms with van der Waals surface area (Å²) in [7, 11) is 0. The number of aryl methyl sites for hydroxylation is 2. The smallest absolute Gasteiger partial charge is 0.136 e. The Hall–Kier alpha value is -1.62. The number of aromatic nitrogens is 2. The third-order valence-corrected chi connectivity index (χ3v) is 4.60. The van der Waals surface area contributed by atoms with Crippen LogP contribution in [0.2, 0.25) is 0 Å². The quantitative estimate of drug-likeness (QED) is 0.898. The van der Waals surface area contributed by atoms with E-state index in [4.69, 9.17) is 5.73 Å². The summed E-state index contributed by atoms with van der Waals surface area (Å²) in [6.45, 7) is 6.46. The number of nitrogens with one attached hydrogen (secondary N) is 1. The average molecular weight is 288 g/mol. The first kappa shape index (κ1) is 13.4. The first-order chi connectivity index (χ1) is 9.52. The normalized spacial score (nSPS) is 16.1. The van der Waals surface area contributed by atoms with E-state index in [0.717, 1.165) is 11.6 Å². The molecule has 0 bridgehead atoms. The molecule has 5 heteroatoms. The van der Waals surface area contributed by atoms with Crippen molar-refractivity contribution >= 4 is 23.0 Å². The first-order valence-electron chi connectivity index (χ1n) is 7.01. The maximum absolute atomic E-state index is 5.88. The van der Waals surface area contributed by atoms with Gasteiger partial charge in [0, 0.05) is 21.7 Å². The van der Waals surface area contributed by atoms with Crippen molar-refractivity contribution in [3.63, 3.8) is 0 Å². The maximum Gasteiger partial charge on any atom is 0.136 e. The Labute approximate surface area is 123 Å². The zero-order chi connectivity index (χ0) is 14.3. The SMILES string of the molecule is Cc1cc(C(C)Nc2cc(N)nc(C3CC3)n2)c(C)s1. The molecule has 0 spiro atoms. The minimum atomic E-state index is 0.223. The van der Waals surface area contributed by atoms with Crippen LogP contribution in [0.4, 0.5) is 11.6 Å². The Balaban J connectivity index is 1.81. The molecule has 1 aliphatic carbocycles. The van der Waals surface area contributed by atoms with Crippen molar-refractivity contribution < 1.29 is 0 Å². The van der Waals surface area contributed by atoms with Crippen molar-refractivity contribution in [2.45, 2.75) is 45.6 Å². The van der Waals surface area contributed by atoms with Gasteiger partial charge in [0.15, 0.2) is 0 Å². The van der Waals surface area contributed by atoms with Crippen molar-refractivity contribution in [2.24, 2.45) is 0 Å². The average Bonchev–Trinajstić information content (AvgIpc) is 3.14. The van der Waals surface area contributed by atoms with Gasteiger partial charge in [0.2, 0.25) is 0 Å². The zero-order valence-corrected chi connectivity index (χ0v) is 12.9. The van der Waals surface area contributed by atoms with E-state index in [2.05, 4.69) is 42.1 Å². The van der Waals surface area contributed by atoms with Gasteiger partial charge in [0.1, 0.15) is 17.5 Å². The molecule has 106 valence electrons. The molecule has 0 radical (unpaired) electrons. The number of nitrogens with two attached hydrogens (primary N) is 1. The molecule has 1 fully saturated rings. The van der Waals surface area contributed by atoms with Gasteiger partial charge in [-0.25, -0.2) is 9.97 Å². The molecule has 1 atom stereocenters. The molecular formula is C15H20N4S. The Morgan fingerprint density at radius 1 is 1.30 bits per heavy atom. The Morgan fingerprint density at radius 2 is 2.05 bits per heavy atom. The van der Waals surface area contributed by atoms with Crippen LogP contribution < -0.4 is 11.1 Å². The first-order valence-corrected chi connectivity index (χ1v) is 7.82. The summed E-state index contributed by atoms with van der Waals surface area (Å²) >= 11 is 1.83. The molecule has 2 aromatic rings. The molecule has 0 aliphatic heterocycles. The highest BCUT2D eigenvalue weighted by Crippen LogP contribution is 2.39. The van der Waals surface area contributed by atoms with Gasteiger partial charge >= 0.3 is 0 Å². The number of anilines is 2. The van der Waals surface area contributed by atoms with E-state index in [1.54, 1.807) is 0 Å². The van der Waals surface area contributed by atoms with Crippen LogP contribution in [-0.2, 0) is 0 Å². The molecule has 0 amide bonds. The van der Waals surface area contributed by atoms with Gasteiger partial charge < -0.3 is 11.1 Å². The second kappa shape index (κ2) is 5.05. The van der Waals surface area contributed by atoms with Crippen LogP contribution in [0.3, 0.4) is 0 Å². The molecular weight excluding hydrogens is 268 g/mol. The van der Waals surface area contributed by atoms with E-state index in [-0.39, 0.29) is 6.04 Å². The fourth-order valence-corrected chi connectivity index (χ4v) is 3.49. The number of nitrogen functional groups attached to an aromatic ring is 1. The lowest BCUT2D eigenvalue weighted by Gasteiger charge is -2.15. The van der Waals surface area contributed by atoms with Gasteiger partial charge in [-0.2, -0.15) is 0 Å². The summed E-state index contributed by atoms with van der Waals surface area (Å²) in [4.78, 5) is 11.6. The standard InChI is InChI=1S/C15H20N4S/c1-8-6-12(10(3)20-8)9(2)17-14-7-13(16)18-15(19-14)11-4-5-11/h6-7,9,11H,4-5H2,1-3H3,(H3,16,17,18,19). The molecule has 0 aromatic carbocycles. The van der Waals surface area contributed by atoms with Crippen molar-refractivity contribution in [1.82, 2.24) is 9.97 Å². The Kier molecular flexibility index (Phi) is 3.38. The van der Waals surface area contributed by atoms with Crippen molar-refractivity contribution in [3.05, 3.63) is 33.3 Å². The molecule has 4 nitrogen and oxygen atoms in total. The molecule has 0 saturated heterocycles. The molecule has 2 heterocycles. The Morgan fingerprint density at radius 3 is 2.65 bits per heavy atom. The molecule has 1 unspecified atom stereocenters. The third-order valence-electron chi connectivity index (χ3n) is 3.62. The van der Waals surface area contributed by atoms with Gasteiger partial charge in [0.05, 0.1) is 6.04 Å². The van der Waals surface area contributed by atoms with E-state index < -0.39 is 0 Å². The van der Waals surface area contributed by atoms with E-state index in [0.29, 0.717) is 11.7 Å². The number of nitrogens with zero attached hydrogens (tertiary/aromatic N) is 2. The van der Waals surface area contributed by atoms with E-state index >= 15 is 0 Å². The molecule has 1 saturated carbocycles. The Bertz CT molecular complexity index is 631. The summed E-state index contributed by atoms with van der Waals surface area (Å²) in [5, 5.41) is 3.45. The van der Waals surface area contributed by atoms with Crippen LogP contribution in [0, 0.1) is 13.8 Å². The number of thiophene rings is 1. The van der Waals surface area contributed by atoms with E-state index in [1.165, 1.54) is 28.2 Å². The summed E-state index contributed by atoms with van der Waals surface area (Å²) < 4.78 is 0. The lowest BCUT2D eigenvalue weighted by atomic mass is 10.1. The minimum Gasteiger partial charge on any atom is -0.384 e. The summed E-state index contributed by atoms with van der Waals surface area (Å²) in [5.41, 5.74) is 7.22. The van der Waals surface area contributed by atoms with Crippen LogP contribution in [0.15, 0.2) is 12.1 Å². The minimum absolute atomic E-state index is 0.223. The zero-order valence-electron chi connectivity index (χ0n) is 12.1. The summed E-state index contributed by atoms with van der Waals surface area (Å²) in [6.07, 6.45) is 2.36. The van der Waals surface area contributed by atoms with Crippen LogP contribution in [0.1, 0.15) is 52.9 Å². The van der Waals surface area contributed by atoms with Gasteiger partial charge in [0.25, 0.3) is 0 Å². The monoisotopic (exact) mass is 288 g/mol. The molecule has 1 aliphatic rings. The maximum atomic E-state index is 5.88. The molecule has 20 heavy (non-hydrogen) atoms. The van der Waals surface area contributed by atoms with E-state index in [1.807, 2.05) is 17.4 Å². The highest BCUT2D eigenvalue weighted by atomic mass is 32.1. The molecule has 3 rings (SSSR count). The summed E-state index contributed by atoms with van der Waals surface area (Å²) in [5.74, 6) is 2.78. The third kappa shape index (κ3) is 2.77. The number of hydrogen-bond donors (Lipinski definition) is 2. The highest BCUT2D eigenvalue weighted by molar-refractivity contribution is 7.12. The predicted octanol–water partition coefficient (Wildman–Crippen LogP) is 3.79.